The van der Waals surface area contributed by atoms with Crippen LogP contribution in [-0.4, -0.2) is 49.9 Å². The molecule has 0 amide bonds. The van der Waals surface area contributed by atoms with Gasteiger partial charge in [-0.1, -0.05) is 19.1 Å². The number of hydrogen-bond donors (Lipinski definition) is 1. The third-order valence-electron chi connectivity index (χ3n) is 6.72. The normalized spacial score (nSPS) is 18.9. The van der Waals surface area contributed by atoms with Crippen LogP contribution in [0.5, 0.6) is 5.75 Å². The summed E-state index contributed by atoms with van der Waals surface area (Å²) in [6.07, 6.45) is 3.36. The summed E-state index contributed by atoms with van der Waals surface area (Å²) in [7, 11) is 2.05. The number of nitrogens with one attached hydrogen (secondary N) is 1. The number of nitrogens with zero attached hydrogens (tertiary/aromatic N) is 3. The second kappa shape index (κ2) is 10.1. The number of halogens is 2. The maximum Gasteiger partial charge on any atom is 0.387 e. The zero-order valence-corrected chi connectivity index (χ0v) is 20.5. The predicted molar refractivity (Wildman–Crippen MR) is 129 cm³/mol. The summed E-state index contributed by atoms with van der Waals surface area (Å²) in [5, 5.41) is 1.19. The number of anilines is 1. The summed E-state index contributed by atoms with van der Waals surface area (Å²) < 4.78 is 35.0. The van der Waals surface area contributed by atoms with E-state index in [9.17, 15) is 8.78 Å². The number of quaternary nitrogens is 1. The molecule has 1 atom stereocenters. The summed E-state index contributed by atoms with van der Waals surface area (Å²) in [5.41, 5.74) is 2.42. The molecule has 1 aliphatic heterocycles. The minimum absolute atomic E-state index is 0.169. The number of aryl methyl sites for hydroxylation is 1. The van der Waals surface area contributed by atoms with Gasteiger partial charge in [0.25, 0.3) is 0 Å². The van der Waals surface area contributed by atoms with Gasteiger partial charge in [-0.15, -0.1) is 11.3 Å². The lowest BCUT2D eigenvalue weighted by Gasteiger charge is -2.25. The summed E-state index contributed by atoms with van der Waals surface area (Å²) in [5.74, 6) is 2.70. The summed E-state index contributed by atoms with van der Waals surface area (Å²) >= 11 is 1.83. The van der Waals surface area contributed by atoms with Crippen molar-refractivity contribution in [2.24, 2.45) is 5.92 Å². The molecule has 1 aromatic carbocycles. The van der Waals surface area contributed by atoms with Crippen LogP contribution in [0, 0.1) is 5.92 Å². The Balaban J connectivity index is 1.46. The first kappa shape index (κ1) is 23.4. The van der Waals surface area contributed by atoms with Gasteiger partial charge in [-0.25, -0.2) is 9.97 Å². The number of aromatic nitrogens is 2. The van der Waals surface area contributed by atoms with Crippen LogP contribution < -0.4 is 14.5 Å². The van der Waals surface area contributed by atoms with Crippen molar-refractivity contribution in [2.45, 2.75) is 45.9 Å². The Hall–Kier alpha value is -2.36. The van der Waals surface area contributed by atoms with Crippen LogP contribution in [-0.2, 0) is 30.7 Å². The first-order valence-corrected chi connectivity index (χ1v) is 12.7. The molecule has 0 unspecified atom stereocenters. The second-order valence-electron chi connectivity index (χ2n) is 9.41. The molecular formula is C25H31F2N4O2S+. The summed E-state index contributed by atoms with van der Waals surface area (Å²) in [4.78, 5) is 16.2. The van der Waals surface area contributed by atoms with E-state index in [2.05, 4.69) is 16.6 Å². The average molecular weight is 490 g/mol. The molecule has 0 spiro atoms. The van der Waals surface area contributed by atoms with Crippen molar-refractivity contribution in [1.82, 2.24) is 9.97 Å². The van der Waals surface area contributed by atoms with Crippen molar-refractivity contribution in [3.8, 4) is 5.75 Å². The molecule has 1 fully saturated rings. The number of hydrogen-bond acceptors (Lipinski definition) is 6. The molecule has 6 nitrogen and oxygen atoms in total. The maximum atomic E-state index is 12.5. The largest absolute Gasteiger partial charge is 0.435 e. The topological polar surface area (TPSA) is 51.9 Å². The van der Waals surface area contributed by atoms with E-state index in [1.165, 1.54) is 27.1 Å². The Morgan fingerprint density at radius 1 is 1.21 bits per heavy atom. The standard InChI is InChI=1S/C25H30F2N4O2S/c1-16-3-8-19-20(13-16)34-24-22(19)23(28-21(29-24)15-31-9-11-32-12-10-31)30(2)14-17-4-6-18(7-5-17)33-25(26)27/h4-7,16,25H,3,8-15H2,1-2H3/p+1/t16-/m0/s1. The quantitative estimate of drug-likeness (QED) is 0.551. The van der Waals surface area contributed by atoms with Gasteiger partial charge in [-0.3, -0.25) is 0 Å². The Morgan fingerprint density at radius 3 is 2.71 bits per heavy atom. The predicted octanol–water partition coefficient (Wildman–Crippen LogP) is 3.47. The molecule has 0 saturated carbocycles. The molecule has 3 heterocycles. The number of benzene rings is 1. The van der Waals surface area contributed by atoms with Gasteiger partial charge in [-0.05, 0) is 48.4 Å². The first-order valence-electron chi connectivity index (χ1n) is 11.9. The van der Waals surface area contributed by atoms with Crippen LogP contribution in [0.4, 0.5) is 14.6 Å². The zero-order chi connectivity index (χ0) is 23.7. The van der Waals surface area contributed by atoms with Crippen LogP contribution >= 0.6 is 11.3 Å². The third-order valence-corrected chi connectivity index (χ3v) is 7.87. The molecule has 2 aliphatic rings. The molecule has 0 radical (unpaired) electrons. The third kappa shape index (κ3) is 5.16. The zero-order valence-electron chi connectivity index (χ0n) is 19.7. The Bertz CT molecular complexity index is 1130. The highest BCUT2D eigenvalue weighted by Gasteiger charge is 2.26. The molecule has 1 aliphatic carbocycles. The lowest BCUT2D eigenvalue weighted by atomic mass is 9.89. The molecule has 3 aromatic rings. The van der Waals surface area contributed by atoms with Gasteiger partial charge in [0.2, 0.25) is 0 Å². The summed E-state index contributed by atoms with van der Waals surface area (Å²) in [6.45, 7) is 4.41. The van der Waals surface area contributed by atoms with Gasteiger partial charge >= 0.3 is 6.61 Å². The Morgan fingerprint density at radius 2 is 1.97 bits per heavy atom. The Kier molecular flexibility index (Phi) is 6.94. The smallest absolute Gasteiger partial charge is 0.387 e. The van der Waals surface area contributed by atoms with E-state index < -0.39 is 6.61 Å². The van der Waals surface area contributed by atoms with Gasteiger partial charge in [0.1, 0.15) is 36.0 Å². The lowest BCUT2D eigenvalue weighted by molar-refractivity contribution is -0.922. The van der Waals surface area contributed by atoms with Gasteiger partial charge < -0.3 is 19.3 Å². The first-order chi connectivity index (χ1) is 16.5. The van der Waals surface area contributed by atoms with Gasteiger partial charge in [0.15, 0.2) is 5.82 Å². The fourth-order valence-corrected chi connectivity index (χ4v) is 6.30. The Labute approximate surface area is 202 Å². The molecule has 34 heavy (non-hydrogen) atoms. The monoisotopic (exact) mass is 489 g/mol. The van der Waals surface area contributed by atoms with E-state index in [-0.39, 0.29) is 5.75 Å². The van der Waals surface area contributed by atoms with Crippen molar-refractivity contribution in [3.63, 3.8) is 0 Å². The van der Waals surface area contributed by atoms with Crippen LogP contribution in [0.25, 0.3) is 10.2 Å². The fraction of sp³-hybridized carbons (Fsp3) is 0.520. The van der Waals surface area contributed by atoms with Crippen LogP contribution in [0.15, 0.2) is 24.3 Å². The number of morpholine rings is 1. The molecular weight excluding hydrogens is 458 g/mol. The minimum Gasteiger partial charge on any atom is -0.435 e. The van der Waals surface area contributed by atoms with Crippen LogP contribution in [0.1, 0.15) is 35.2 Å². The van der Waals surface area contributed by atoms with Crippen molar-refractivity contribution >= 4 is 27.4 Å². The number of alkyl halides is 2. The highest BCUT2D eigenvalue weighted by atomic mass is 32.1. The number of thiophene rings is 1. The number of ether oxygens (including phenoxy) is 2. The number of fused-ring (bicyclic) bond motifs is 3. The van der Waals surface area contributed by atoms with Crippen molar-refractivity contribution in [3.05, 3.63) is 46.1 Å². The molecule has 1 N–H and O–H groups in total. The molecule has 2 aromatic heterocycles. The maximum absolute atomic E-state index is 12.5. The van der Waals surface area contributed by atoms with Gasteiger partial charge in [0.05, 0.1) is 18.6 Å². The average Bonchev–Trinajstić information content (AvgIpc) is 3.17. The minimum atomic E-state index is -2.82. The lowest BCUT2D eigenvalue weighted by Crippen LogP contribution is -3.12. The van der Waals surface area contributed by atoms with E-state index in [1.807, 2.05) is 30.5 Å². The van der Waals surface area contributed by atoms with Gasteiger partial charge in [0, 0.05) is 18.5 Å². The van der Waals surface area contributed by atoms with Crippen molar-refractivity contribution in [1.29, 1.82) is 0 Å². The molecule has 0 bridgehead atoms. The number of rotatable bonds is 7. The van der Waals surface area contributed by atoms with E-state index in [1.54, 1.807) is 12.1 Å². The van der Waals surface area contributed by atoms with Crippen molar-refractivity contribution < 1.29 is 23.2 Å². The molecule has 182 valence electrons. The van der Waals surface area contributed by atoms with Crippen molar-refractivity contribution in [2.75, 3.05) is 38.3 Å². The molecule has 9 heteroatoms. The van der Waals surface area contributed by atoms with Gasteiger partial charge in [-0.2, -0.15) is 8.78 Å². The van der Waals surface area contributed by atoms with Crippen LogP contribution in [0.3, 0.4) is 0 Å². The second-order valence-corrected chi connectivity index (χ2v) is 10.5. The van der Waals surface area contributed by atoms with E-state index in [0.717, 1.165) is 67.7 Å². The van der Waals surface area contributed by atoms with E-state index >= 15 is 0 Å². The van der Waals surface area contributed by atoms with E-state index in [0.29, 0.717) is 12.5 Å². The molecule has 5 rings (SSSR count). The molecule has 1 saturated heterocycles. The summed E-state index contributed by atoms with van der Waals surface area (Å²) in [6, 6.07) is 6.84. The highest BCUT2D eigenvalue weighted by Crippen LogP contribution is 2.41. The van der Waals surface area contributed by atoms with Crippen LogP contribution in [0.2, 0.25) is 0 Å². The SMILES string of the molecule is C[C@H]1CCc2c(sc3nc(C[NH+]4CCOCC4)nc(N(C)Cc4ccc(OC(F)F)cc4)c23)C1. The fourth-order valence-electron chi connectivity index (χ4n) is 4.91. The van der Waals surface area contributed by atoms with E-state index in [4.69, 9.17) is 14.7 Å². The highest BCUT2D eigenvalue weighted by molar-refractivity contribution is 7.19.